The van der Waals surface area contributed by atoms with Crippen molar-refractivity contribution in [3.05, 3.63) is 0 Å². The number of piperidine rings is 1. The van der Waals surface area contributed by atoms with E-state index in [2.05, 4.69) is 18.7 Å². The van der Waals surface area contributed by atoms with Crippen LogP contribution in [0.4, 0.5) is 13.2 Å². The summed E-state index contributed by atoms with van der Waals surface area (Å²) in [7, 11) is -5.84. The Morgan fingerprint density at radius 2 is 1.41 bits per heavy atom. The molecule has 1 heterocycles. The minimum atomic E-state index is -5.84. The van der Waals surface area contributed by atoms with Gasteiger partial charge >= 0.3 is 15.6 Å². The van der Waals surface area contributed by atoms with Gasteiger partial charge in [-0.1, -0.05) is 71.6 Å². The minimum Gasteiger partial charge on any atom is -0.303 e. The molecule has 0 spiro atoms. The van der Waals surface area contributed by atoms with Crippen molar-refractivity contribution in [3.63, 3.8) is 0 Å². The molecule has 1 N–H and O–H groups in total. The van der Waals surface area contributed by atoms with Gasteiger partial charge in [-0.25, -0.2) is 0 Å². The van der Waals surface area contributed by atoms with E-state index >= 15 is 0 Å². The largest absolute Gasteiger partial charge is 0.522 e. The van der Waals surface area contributed by atoms with E-state index in [0.717, 1.165) is 5.92 Å². The van der Waals surface area contributed by atoms with E-state index < -0.39 is 15.6 Å². The third-order valence-electron chi connectivity index (χ3n) is 4.86. The number of nitrogens with zero attached hydrogens (tertiary/aromatic N) is 1. The molecule has 0 saturated carbocycles. The van der Waals surface area contributed by atoms with Crippen LogP contribution < -0.4 is 0 Å². The average Bonchev–Trinajstić information content (AvgIpc) is 2.55. The third-order valence-corrected chi connectivity index (χ3v) is 5.45. The van der Waals surface area contributed by atoms with E-state index in [1.54, 1.807) is 0 Å². The predicted molar refractivity (Wildman–Crippen MR) is 104 cm³/mol. The second-order valence-electron chi connectivity index (χ2n) is 7.65. The monoisotopic (exact) mass is 417 g/mol. The summed E-state index contributed by atoms with van der Waals surface area (Å²) >= 11 is 0. The molecule has 0 bridgehead atoms. The molecule has 4 nitrogen and oxygen atoms in total. The summed E-state index contributed by atoms with van der Waals surface area (Å²) in [4.78, 5) is 2.69. The lowest BCUT2D eigenvalue weighted by Crippen LogP contribution is -2.34. The van der Waals surface area contributed by atoms with Gasteiger partial charge in [-0.05, 0) is 38.3 Å². The van der Waals surface area contributed by atoms with Gasteiger partial charge in [0.2, 0.25) is 0 Å². The Kier molecular flexibility index (Phi) is 14.4. The number of alkyl halides is 3. The Balaban J connectivity index is 0.000000713. The maximum atomic E-state index is 10.7. The molecule has 0 amide bonds. The summed E-state index contributed by atoms with van der Waals surface area (Å²) < 4.78 is 57.5. The van der Waals surface area contributed by atoms with Gasteiger partial charge in [0.1, 0.15) is 0 Å². The van der Waals surface area contributed by atoms with Crippen LogP contribution in [-0.2, 0) is 10.1 Å². The van der Waals surface area contributed by atoms with Crippen LogP contribution in [0.15, 0.2) is 0 Å². The van der Waals surface area contributed by atoms with Gasteiger partial charge in [0, 0.05) is 6.54 Å². The lowest BCUT2D eigenvalue weighted by Gasteiger charge is -2.30. The molecule has 0 aromatic carbocycles. The second-order valence-corrected chi connectivity index (χ2v) is 9.06. The summed E-state index contributed by atoms with van der Waals surface area (Å²) in [6, 6.07) is 0. The first-order valence-corrected chi connectivity index (χ1v) is 11.8. The molecule has 0 aromatic heterocycles. The smallest absolute Gasteiger partial charge is 0.303 e. The van der Waals surface area contributed by atoms with E-state index in [9.17, 15) is 13.2 Å². The van der Waals surface area contributed by atoms with Crippen molar-refractivity contribution in [2.75, 3.05) is 19.6 Å². The van der Waals surface area contributed by atoms with Crippen LogP contribution in [0.2, 0.25) is 0 Å². The Labute approximate surface area is 163 Å². The number of rotatable bonds is 11. The zero-order valence-corrected chi connectivity index (χ0v) is 17.8. The first-order chi connectivity index (χ1) is 12.6. The highest BCUT2D eigenvalue weighted by Crippen LogP contribution is 2.20. The molecule has 1 aliphatic heterocycles. The van der Waals surface area contributed by atoms with Crippen LogP contribution in [0, 0.1) is 5.92 Å². The SMILES string of the molecule is CCCCCCCCCCCCN1CCCC(C)C1.O=S(=O)(O)C(F)(F)F. The molecule has 1 aliphatic rings. The third kappa shape index (κ3) is 15.3. The molecule has 1 saturated heterocycles. The fourth-order valence-corrected chi connectivity index (χ4v) is 3.31. The van der Waals surface area contributed by atoms with Crippen LogP contribution in [0.1, 0.15) is 90.9 Å². The normalized spacial score (nSPS) is 18.8. The molecule has 1 atom stereocenters. The molecule has 0 aliphatic carbocycles. The van der Waals surface area contributed by atoms with Crippen molar-refractivity contribution >= 4 is 10.1 Å². The van der Waals surface area contributed by atoms with E-state index in [1.807, 2.05) is 0 Å². The number of halogens is 3. The molecule has 164 valence electrons. The van der Waals surface area contributed by atoms with Crippen LogP contribution in [0.3, 0.4) is 0 Å². The molecule has 1 rings (SSSR count). The summed E-state index contributed by atoms with van der Waals surface area (Å²) in [5.41, 5.74) is -5.53. The summed E-state index contributed by atoms with van der Waals surface area (Å²) in [5, 5.41) is 0. The maximum Gasteiger partial charge on any atom is 0.522 e. The lowest BCUT2D eigenvalue weighted by atomic mass is 10.00. The molecule has 1 unspecified atom stereocenters. The van der Waals surface area contributed by atoms with Crippen molar-refractivity contribution in [1.82, 2.24) is 4.90 Å². The van der Waals surface area contributed by atoms with Crippen LogP contribution in [-0.4, -0.2) is 43.0 Å². The fraction of sp³-hybridized carbons (Fsp3) is 1.00. The van der Waals surface area contributed by atoms with E-state index in [0.29, 0.717) is 0 Å². The van der Waals surface area contributed by atoms with Gasteiger partial charge in [0.15, 0.2) is 0 Å². The fourth-order valence-electron chi connectivity index (χ4n) is 3.31. The zero-order chi connectivity index (χ0) is 20.8. The molecule has 1 fully saturated rings. The first-order valence-electron chi connectivity index (χ1n) is 10.3. The van der Waals surface area contributed by atoms with Crippen molar-refractivity contribution in [2.45, 2.75) is 96.4 Å². The van der Waals surface area contributed by atoms with Gasteiger partial charge in [-0.15, -0.1) is 0 Å². The Bertz CT molecular complexity index is 456. The van der Waals surface area contributed by atoms with E-state index in [4.69, 9.17) is 13.0 Å². The highest BCUT2D eigenvalue weighted by molar-refractivity contribution is 7.86. The quantitative estimate of drug-likeness (QED) is 0.253. The van der Waals surface area contributed by atoms with Gasteiger partial charge in [0.05, 0.1) is 0 Å². The number of hydrogen-bond acceptors (Lipinski definition) is 3. The van der Waals surface area contributed by atoms with Gasteiger partial charge in [0.25, 0.3) is 0 Å². The van der Waals surface area contributed by atoms with Crippen molar-refractivity contribution in [3.8, 4) is 0 Å². The molecule has 27 heavy (non-hydrogen) atoms. The minimum absolute atomic E-state index is 0.942. The second kappa shape index (κ2) is 14.6. The van der Waals surface area contributed by atoms with Gasteiger partial charge < -0.3 is 4.90 Å². The highest BCUT2D eigenvalue weighted by Gasteiger charge is 2.44. The summed E-state index contributed by atoms with van der Waals surface area (Å²) in [6.45, 7) is 8.79. The molecule has 0 radical (unpaired) electrons. The lowest BCUT2D eigenvalue weighted by molar-refractivity contribution is -0.0510. The van der Waals surface area contributed by atoms with Crippen LogP contribution in [0.5, 0.6) is 0 Å². The van der Waals surface area contributed by atoms with Crippen LogP contribution >= 0.6 is 0 Å². The van der Waals surface area contributed by atoms with Crippen molar-refractivity contribution < 1.29 is 26.1 Å². The zero-order valence-electron chi connectivity index (χ0n) is 16.9. The molecular formula is C19H38F3NO3S. The molecule has 0 aromatic rings. The average molecular weight is 418 g/mol. The highest BCUT2D eigenvalue weighted by atomic mass is 32.2. The molecular weight excluding hydrogens is 379 g/mol. The van der Waals surface area contributed by atoms with Crippen LogP contribution in [0.25, 0.3) is 0 Å². The summed E-state index contributed by atoms with van der Waals surface area (Å²) in [5.74, 6) is 0.942. The number of hydrogen-bond donors (Lipinski definition) is 1. The van der Waals surface area contributed by atoms with Gasteiger partial charge in [-0.2, -0.15) is 21.6 Å². The first kappa shape index (κ1) is 26.7. The standard InChI is InChI=1S/C18H37N.CHF3O3S/c1-3-4-5-6-7-8-9-10-11-12-15-19-16-13-14-18(2)17-19;2-1(3,4)8(5,6)7/h18H,3-17H2,1-2H3;(H,5,6,7). The Morgan fingerprint density at radius 1 is 0.963 bits per heavy atom. The predicted octanol–water partition coefficient (Wildman–Crippen LogP) is 6.03. The van der Waals surface area contributed by atoms with E-state index in [1.165, 1.54) is 96.7 Å². The number of likely N-dealkylation sites (tertiary alicyclic amines) is 1. The maximum absolute atomic E-state index is 10.7. The van der Waals surface area contributed by atoms with Gasteiger partial charge in [-0.3, -0.25) is 4.55 Å². The Morgan fingerprint density at radius 3 is 1.81 bits per heavy atom. The summed E-state index contributed by atoms with van der Waals surface area (Å²) in [6.07, 6.45) is 17.4. The van der Waals surface area contributed by atoms with E-state index in [-0.39, 0.29) is 0 Å². The number of unbranched alkanes of at least 4 members (excludes halogenated alkanes) is 9. The van der Waals surface area contributed by atoms with Crippen molar-refractivity contribution in [2.24, 2.45) is 5.92 Å². The topological polar surface area (TPSA) is 57.6 Å². The van der Waals surface area contributed by atoms with Crippen molar-refractivity contribution in [1.29, 1.82) is 0 Å². The molecule has 8 heteroatoms. The Hall–Kier alpha value is -0.340.